The summed E-state index contributed by atoms with van der Waals surface area (Å²) in [6.07, 6.45) is 17.7. The summed E-state index contributed by atoms with van der Waals surface area (Å²) in [6, 6.07) is 2.08. The summed E-state index contributed by atoms with van der Waals surface area (Å²) in [7, 11) is 3.50. The number of aliphatic imine (C=N–C) groups is 1. The maximum absolute atomic E-state index is 14.1. The third-order valence-electron chi connectivity index (χ3n) is 13.5. The molecule has 1 aromatic rings. The summed E-state index contributed by atoms with van der Waals surface area (Å²) in [5, 5.41) is 30.0. The number of guanidine groups is 1. The van der Waals surface area contributed by atoms with Crippen LogP contribution in [-0.2, 0) is 33.7 Å². The topological polar surface area (TPSA) is 185 Å². The van der Waals surface area contributed by atoms with E-state index in [1.165, 1.54) is 6.92 Å². The van der Waals surface area contributed by atoms with Gasteiger partial charge >= 0.3 is 5.97 Å². The summed E-state index contributed by atoms with van der Waals surface area (Å²) < 4.78 is 12.9. The minimum Gasteiger partial charge on any atom is -0.504 e. The van der Waals surface area contributed by atoms with Gasteiger partial charge < -0.3 is 46.7 Å². The van der Waals surface area contributed by atoms with Gasteiger partial charge in [-0.3, -0.25) is 9.59 Å². The highest BCUT2D eigenvalue weighted by Crippen LogP contribution is 2.48. The maximum Gasteiger partial charge on any atom is 0.303 e. The number of aliphatic hydroxyl groups excluding tert-OH is 1. The van der Waals surface area contributed by atoms with E-state index >= 15 is 0 Å². The molecule has 8 rings (SSSR count). The van der Waals surface area contributed by atoms with E-state index in [1.54, 1.807) is 21.6 Å². The second-order valence-electron chi connectivity index (χ2n) is 17.6. The van der Waals surface area contributed by atoms with Gasteiger partial charge in [0.1, 0.15) is 11.7 Å². The summed E-state index contributed by atoms with van der Waals surface area (Å²) >= 11 is 0. The van der Waals surface area contributed by atoms with Crippen molar-refractivity contribution in [3.8, 4) is 11.5 Å². The van der Waals surface area contributed by atoms with Gasteiger partial charge in [0.25, 0.3) is 0 Å². The Morgan fingerprint density at radius 1 is 1.04 bits per heavy atom. The Kier molecular flexibility index (Phi) is 13.8. The van der Waals surface area contributed by atoms with Crippen molar-refractivity contribution in [2.45, 2.75) is 140 Å². The molecule has 5 aliphatic heterocycles. The van der Waals surface area contributed by atoms with Gasteiger partial charge in [0.15, 0.2) is 17.5 Å². The Hall–Kier alpha value is -3.23. The molecule has 0 aromatic heterocycles. The highest BCUT2D eigenvalue weighted by molar-refractivity contribution is 8.76. The summed E-state index contributed by atoms with van der Waals surface area (Å²) in [5.74, 6) is 3.65. The lowest BCUT2D eigenvalue weighted by Gasteiger charge is -2.42. The number of rotatable bonds is 3. The molecule has 14 heteroatoms. The molecule has 314 valence electrons. The van der Waals surface area contributed by atoms with E-state index in [-0.39, 0.29) is 41.6 Å². The lowest BCUT2D eigenvalue weighted by atomic mass is 9.72. The molecule has 12 nitrogen and oxygen atoms in total. The number of amides is 1. The number of esters is 1. The van der Waals surface area contributed by atoms with Crippen LogP contribution in [0, 0.1) is 17.3 Å². The quantitative estimate of drug-likeness (QED) is 0.156. The van der Waals surface area contributed by atoms with E-state index in [9.17, 15) is 19.8 Å². The Morgan fingerprint density at radius 3 is 2.72 bits per heavy atom. The van der Waals surface area contributed by atoms with E-state index in [1.807, 2.05) is 11.0 Å². The van der Waals surface area contributed by atoms with Gasteiger partial charge in [0.2, 0.25) is 5.91 Å². The van der Waals surface area contributed by atoms with Crippen LogP contribution in [0.5, 0.6) is 11.5 Å². The Labute approximate surface area is 346 Å². The molecule has 6 atom stereocenters. The van der Waals surface area contributed by atoms with E-state index in [0.717, 1.165) is 86.7 Å². The zero-order valence-electron chi connectivity index (χ0n) is 33.7. The minimum absolute atomic E-state index is 0.0427. The van der Waals surface area contributed by atoms with Gasteiger partial charge in [-0.15, -0.1) is 0 Å². The fraction of sp³-hybridized carbons (Fsp3) is 0.698. The van der Waals surface area contributed by atoms with Gasteiger partial charge in [0.05, 0.1) is 17.8 Å². The molecule has 8 N–H and O–H groups in total. The Bertz CT molecular complexity index is 1720. The maximum atomic E-state index is 14.1. The van der Waals surface area contributed by atoms with Gasteiger partial charge in [0, 0.05) is 68.2 Å². The SMILES string of the molecule is CC(=O)OC12CCc3cc(c(O)c4c3CCC3CCCC3O4)CN3CC(CC4=CCNC(N)=C4)(CCNC(N)=NCSSCCCCCC(CC1)C(O)C2)CC3=O. The molecule has 3 fully saturated rings. The molecular weight excluding hydrogens is 761 g/mol. The van der Waals surface area contributed by atoms with Crippen LogP contribution in [0.25, 0.3) is 0 Å². The van der Waals surface area contributed by atoms with Crippen LogP contribution in [-0.4, -0.2) is 82.0 Å². The van der Waals surface area contributed by atoms with Crippen LogP contribution in [0.1, 0.15) is 120 Å². The highest BCUT2D eigenvalue weighted by atomic mass is 33.1. The molecule has 6 bridgehead atoms. The highest BCUT2D eigenvalue weighted by Gasteiger charge is 2.45. The zero-order chi connectivity index (χ0) is 40.0. The van der Waals surface area contributed by atoms with Gasteiger partial charge in [-0.25, -0.2) is 4.99 Å². The number of carbonyl (C=O) groups excluding carboxylic acids is 2. The molecule has 1 saturated heterocycles. The van der Waals surface area contributed by atoms with Gasteiger partial charge in [-0.05, 0) is 119 Å². The number of fused-ring (bicyclic) bond motifs is 16. The first-order valence-electron chi connectivity index (χ1n) is 21.4. The molecule has 1 amide bonds. The summed E-state index contributed by atoms with van der Waals surface area (Å²) in [6.45, 7) is 3.45. The van der Waals surface area contributed by atoms with E-state index in [2.05, 4.69) is 27.8 Å². The second kappa shape index (κ2) is 18.8. The molecular formula is C43H64N6O6S2. The molecule has 57 heavy (non-hydrogen) atoms. The lowest BCUT2D eigenvalue weighted by Crippen LogP contribution is -2.45. The normalized spacial score (nSPS) is 31.9. The molecule has 5 heterocycles. The van der Waals surface area contributed by atoms with Crippen LogP contribution in [0.3, 0.4) is 0 Å². The first-order valence-corrected chi connectivity index (χ1v) is 23.9. The molecule has 0 spiro atoms. The first-order chi connectivity index (χ1) is 27.5. The van der Waals surface area contributed by atoms with Crippen LogP contribution in [0.15, 0.2) is 34.6 Å². The third-order valence-corrected chi connectivity index (χ3v) is 15.6. The number of nitrogens with one attached hydrogen (secondary N) is 2. The fourth-order valence-electron chi connectivity index (χ4n) is 10.5. The average Bonchev–Trinajstić information content (AvgIpc) is 3.67. The average molecular weight is 825 g/mol. The lowest BCUT2D eigenvalue weighted by molar-refractivity contribution is -0.168. The number of aliphatic hydroxyl groups is 1. The predicted octanol–water partition coefficient (Wildman–Crippen LogP) is 5.93. The molecule has 0 radical (unpaired) electrons. The second-order valence-corrected chi connectivity index (χ2v) is 20.1. The van der Waals surface area contributed by atoms with Crippen molar-refractivity contribution in [1.82, 2.24) is 15.5 Å². The van der Waals surface area contributed by atoms with E-state index < -0.39 is 11.7 Å². The summed E-state index contributed by atoms with van der Waals surface area (Å²) in [4.78, 5) is 33.1. The zero-order valence-corrected chi connectivity index (χ0v) is 35.3. The van der Waals surface area contributed by atoms with Crippen LogP contribution < -0.4 is 26.8 Å². The largest absolute Gasteiger partial charge is 0.504 e. The Balaban J connectivity index is 1.20. The first kappa shape index (κ1) is 41.9. The number of phenols is 1. The van der Waals surface area contributed by atoms with Crippen molar-refractivity contribution in [2.24, 2.45) is 33.7 Å². The number of aryl methyl sites for hydroxylation is 1. The molecule has 2 aliphatic carbocycles. The fourth-order valence-corrected chi connectivity index (χ4v) is 12.3. The molecule has 1 aromatic carbocycles. The predicted molar refractivity (Wildman–Crippen MR) is 227 cm³/mol. The van der Waals surface area contributed by atoms with Gasteiger partial charge in [-0.1, -0.05) is 40.5 Å². The number of ether oxygens (including phenoxy) is 2. The monoisotopic (exact) mass is 824 g/mol. The molecule has 7 aliphatic rings. The minimum atomic E-state index is -0.765. The number of allylic oxidation sites excluding steroid dienone is 2. The Morgan fingerprint density at radius 2 is 1.89 bits per heavy atom. The van der Waals surface area contributed by atoms with Crippen LogP contribution in [0.2, 0.25) is 0 Å². The summed E-state index contributed by atoms with van der Waals surface area (Å²) in [5.41, 5.74) is 15.2. The molecule has 6 unspecified atom stereocenters. The number of dihydropyridines is 1. The standard InChI is InChI=1S/C43H64N6O6S2/c1-28(50)55-43-14-11-30(35(51)23-43)6-3-2-4-19-56-57-27-48-41(45)47-18-16-42(22-29-13-17-46-37(44)20-29)24-38(52)49(26-42)25-33-21-32(12-15-43)34-10-9-31-7-5-8-36(31)54-40(34)39(33)53/h13,20-21,30-31,35-36,46,51,53H,2-12,14-19,22-27,44H2,1H3,(H3,45,47,48). The number of phenolic OH excluding ortho intramolecular Hbond substituents is 1. The van der Waals surface area contributed by atoms with Crippen molar-refractivity contribution in [2.75, 3.05) is 31.3 Å². The van der Waals surface area contributed by atoms with E-state index in [0.29, 0.717) is 99.5 Å². The van der Waals surface area contributed by atoms with Gasteiger partial charge in [-0.2, -0.15) is 0 Å². The smallest absolute Gasteiger partial charge is 0.303 e. The van der Waals surface area contributed by atoms with E-state index in [4.69, 9.17) is 20.9 Å². The number of aromatic hydroxyl groups is 1. The van der Waals surface area contributed by atoms with Crippen LogP contribution in [0.4, 0.5) is 0 Å². The number of benzene rings is 1. The third kappa shape index (κ3) is 10.5. The number of nitrogens with zero attached hydrogens (tertiary/aromatic N) is 2. The number of hydrogen-bond donors (Lipinski definition) is 6. The van der Waals surface area contributed by atoms with Crippen molar-refractivity contribution in [3.63, 3.8) is 0 Å². The number of hydrogen-bond acceptors (Lipinski definition) is 13. The van der Waals surface area contributed by atoms with Crippen LogP contribution >= 0.6 is 21.6 Å². The van der Waals surface area contributed by atoms with Crippen molar-refractivity contribution in [1.29, 1.82) is 0 Å². The molecule has 2 saturated carbocycles. The number of nitrogens with two attached hydrogens (primary N) is 2. The van der Waals surface area contributed by atoms with Crippen molar-refractivity contribution < 1.29 is 29.3 Å². The van der Waals surface area contributed by atoms with Crippen molar-refractivity contribution >= 4 is 39.4 Å². The number of carbonyl (C=O) groups is 2. The van der Waals surface area contributed by atoms with Crippen molar-refractivity contribution in [3.05, 3.63) is 46.3 Å².